The van der Waals surface area contributed by atoms with E-state index in [2.05, 4.69) is 15.1 Å². The lowest BCUT2D eigenvalue weighted by Crippen LogP contribution is -2.22. The molecule has 22 heavy (non-hydrogen) atoms. The van der Waals surface area contributed by atoms with Crippen molar-refractivity contribution in [2.75, 3.05) is 13.6 Å². The van der Waals surface area contributed by atoms with E-state index in [1.54, 1.807) is 0 Å². The quantitative estimate of drug-likeness (QED) is 0.852. The van der Waals surface area contributed by atoms with Crippen LogP contribution in [0.15, 0.2) is 22.9 Å². The number of alkyl halides is 2. The standard InChI is InChI=1S/C12H12F2N4O3S/c1-18-5-4-9(22(18,19)20)12-16-11(17-21-12)7-2-3-8(10(13)14)15-6-7/h2-3,6,9-10H,4-5H2,1H3. The van der Waals surface area contributed by atoms with Crippen molar-refractivity contribution >= 4 is 10.0 Å². The molecule has 7 nitrogen and oxygen atoms in total. The second-order valence-electron chi connectivity index (χ2n) is 4.87. The van der Waals surface area contributed by atoms with Crippen molar-refractivity contribution in [3.63, 3.8) is 0 Å². The molecular weight excluding hydrogens is 318 g/mol. The van der Waals surface area contributed by atoms with Gasteiger partial charge in [0.05, 0.1) is 0 Å². The molecule has 1 aliphatic heterocycles. The maximum Gasteiger partial charge on any atom is 0.280 e. The first-order valence-electron chi connectivity index (χ1n) is 6.43. The lowest BCUT2D eigenvalue weighted by molar-refractivity contribution is 0.146. The van der Waals surface area contributed by atoms with Gasteiger partial charge in [0, 0.05) is 25.4 Å². The summed E-state index contributed by atoms with van der Waals surface area (Å²) in [6.45, 7) is 0.384. The van der Waals surface area contributed by atoms with Crippen LogP contribution in [0.3, 0.4) is 0 Å². The highest BCUT2D eigenvalue weighted by molar-refractivity contribution is 7.89. The SMILES string of the molecule is CN1CCC(c2nc(-c3ccc(C(F)F)nc3)no2)S1(=O)=O. The molecule has 3 heterocycles. The molecule has 1 saturated heterocycles. The van der Waals surface area contributed by atoms with Crippen molar-refractivity contribution in [2.45, 2.75) is 18.1 Å². The fraction of sp³-hybridized carbons (Fsp3) is 0.417. The molecule has 1 unspecified atom stereocenters. The van der Waals surface area contributed by atoms with Crippen LogP contribution in [0, 0.1) is 0 Å². The van der Waals surface area contributed by atoms with Gasteiger partial charge in [0.1, 0.15) is 5.69 Å². The van der Waals surface area contributed by atoms with Gasteiger partial charge >= 0.3 is 0 Å². The maximum atomic E-state index is 12.4. The molecule has 0 radical (unpaired) electrons. The van der Waals surface area contributed by atoms with E-state index in [0.717, 1.165) is 6.07 Å². The second kappa shape index (κ2) is 5.36. The summed E-state index contributed by atoms with van der Waals surface area (Å²) < 4.78 is 55.3. The summed E-state index contributed by atoms with van der Waals surface area (Å²) >= 11 is 0. The Labute approximate surface area is 125 Å². The molecule has 0 aromatic carbocycles. The Kier molecular flexibility index (Phi) is 3.65. The van der Waals surface area contributed by atoms with E-state index in [1.165, 1.54) is 23.6 Å². The molecule has 118 valence electrons. The molecule has 0 saturated carbocycles. The first-order chi connectivity index (χ1) is 10.4. The average Bonchev–Trinajstić information content (AvgIpc) is 3.05. The predicted molar refractivity (Wildman–Crippen MR) is 71.4 cm³/mol. The van der Waals surface area contributed by atoms with Crippen LogP contribution in [-0.2, 0) is 10.0 Å². The monoisotopic (exact) mass is 330 g/mol. The summed E-state index contributed by atoms with van der Waals surface area (Å²) in [5, 5.41) is 2.83. The van der Waals surface area contributed by atoms with Crippen LogP contribution >= 0.6 is 0 Å². The summed E-state index contributed by atoms with van der Waals surface area (Å²) in [5.74, 6) is 0.116. The minimum Gasteiger partial charge on any atom is -0.337 e. The Hall–Kier alpha value is -1.94. The van der Waals surface area contributed by atoms with Crippen molar-refractivity contribution in [3.8, 4) is 11.4 Å². The van der Waals surface area contributed by atoms with Crippen molar-refractivity contribution < 1.29 is 21.7 Å². The van der Waals surface area contributed by atoms with Gasteiger partial charge in [-0.3, -0.25) is 4.98 Å². The first-order valence-corrected chi connectivity index (χ1v) is 7.93. The molecule has 1 atom stereocenters. The molecule has 2 aromatic heterocycles. The highest BCUT2D eigenvalue weighted by atomic mass is 32.2. The van der Waals surface area contributed by atoms with Crippen LogP contribution in [0.4, 0.5) is 8.78 Å². The van der Waals surface area contributed by atoms with Gasteiger partial charge in [0.15, 0.2) is 5.25 Å². The highest BCUT2D eigenvalue weighted by Gasteiger charge is 2.41. The third-order valence-electron chi connectivity index (χ3n) is 3.49. The number of aromatic nitrogens is 3. The maximum absolute atomic E-state index is 12.4. The summed E-state index contributed by atoms with van der Waals surface area (Å²) in [6, 6.07) is 2.55. The number of hydrogen-bond donors (Lipinski definition) is 0. The Morgan fingerprint density at radius 1 is 1.41 bits per heavy atom. The van der Waals surface area contributed by atoms with E-state index in [-0.39, 0.29) is 17.4 Å². The lowest BCUT2D eigenvalue weighted by atomic mass is 10.2. The van der Waals surface area contributed by atoms with Crippen LogP contribution in [0.2, 0.25) is 0 Å². The van der Waals surface area contributed by atoms with Gasteiger partial charge < -0.3 is 4.52 Å². The number of halogens is 2. The molecule has 10 heteroatoms. The third kappa shape index (κ3) is 2.48. The van der Waals surface area contributed by atoms with Gasteiger partial charge in [-0.25, -0.2) is 21.5 Å². The first kappa shape index (κ1) is 15.0. The topological polar surface area (TPSA) is 89.2 Å². The van der Waals surface area contributed by atoms with Crippen LogP contribution in [0.5, 0.6) is 0 Å². The molecule has 0 N–H and O–H groups in total. The molecule has 0 aliphatic carbocycles. The van der Waals surface area contributed by atoms with Gasteiger partial charge in [-0.15, -0.1) is 0 Å². The Morgan fingerprint density at radius 2 is 2.18 bits per heavy atom. The van der Waals surface area contributed by atoms with E-state index in [4.69, 9.17) is 4.52 Å². The minimum atomic E-state index is -3.48. The second-order valence-corrected chi connectivity index (χ2v) is 7.09. The van der Waals surface area contributed by atoms with Crippen molar-refractivity contribution in [3.05, 3.63) is 29.9 Å². The van der Waals surface area contributed by atoms with Crippen LogP contribution in [0.1, 0.15) is 29.7 Å². The van der Waals surface area contributed by atoms with Gasteiger partial charge in [-0.2, -0.15) is 4.98 Å². The zero-order valence-corrected chi connectivity index (χ0v) is 12.3. The van der Waals surface area contributed by atoms with E-state index >= 15 is 0 Å². The fourth-order valence-electron chi connectivity index (χ4n) is 2.19. The zero-order valence-electron chi connectivity index (χ0n) is 11.5. The summed E-state index contributed by atoms with van der Waals surface area (Å²) in [7, 11) is -2.00. The van der Waals surface area contributed by atoms with Crippen molar-refractivity contribution in [1.82, 2.24) is 19.4 Å². The van der Waals surface area contributed by atoms with E-state index in [9.17, 15) is 17.2 Å². The Bertz CT molecular complexity index is 776. The van der Waals surface area contributed by atoms with Gasteiger partial charge in [0.25, 0.3) is 6.43 Å². The molecule has 1 aliphatic rings. The van der Waals surface area contributed by atoms with Gasteiger partial charge in [0.2, 0.25) is 21.7 Å². The van der Waals surface area contributed by atoms with Crippen LogP contribution in [-0.4, -0.2) is 41.4 Å². The number of hydrogen-bond acceptors (Lipinski definition) is 6. The number of rotatable bonds is 3. The van der Waals surface area contributed by atoms with Gasteiger partial charge in [-0.05, 0) is 18.6 Å². The number of pyridine rings is 1. The molecule has 0 bridgehead atoms. The number of nitrogens with zero attached hydrogens (tertiary/aromatic N) is 4. The molecule has 3 rings (SSSR count). The van der Waals surface area contributed by atoms with Crippen molar-refractivity contribution in [2.24, 2.45) is 0 Å². The van der Waals surface area contributed by atoms with Gasteiger partial charge in [-0.1, -0.05) is 5.16 Å². The summed E-state index contributed by atoms with van der Waals surface area (Å²) in [6.07, 6.45) is -1.09. The summed E-state index contributed by atoms with van der Waals surface area (Å²) in [4.78, 5) is 7.66. The lowest BCUT2D eigenvalue weighted by Gasteiger charge is -2.07. The molecule has 0 amide bonds. The largest absolute Gasteiger partial charge is 0.337 e. The third-order valence-corrected chi connectivity index (χ3v) is 5.69. The summed E-state index contributed by atoms with van der Waals surface area (Å²) in [5.41, 5.74) is 0.0237. The fourth-order valence-corrected chi connectivity index (χ4v) is 3.74. The smallest absolute Gasteiger partial charge is 0.280 e. The van der Waals surface area contributed by atoms with Crippen molar-refractivity contribution in [1.29, 1.82) is 0 Å². The van der Waals surface area contributed by atoms with Crippen LogP contribution < -0.4 is 0 Å². The normalized spacial score (nSPS) is 21.5. The molecule has 2 aromatic rings. The highest BCUT2D eigenvalue weighted by Crippen LogP contribution is 2.34. The number of sulfonamides is 1. The molecular formula is C12H12F2N4O3S. The molecule has 0 spiro atoms. The van der Waals surface area contributed by atoms with E-state index < -0.39 is 21.7 Å². The average molecular weight is 330 g/mol. The molecule has 1 fully saturated rings. The Morgan fingerprint density at radius 3 is 2.73 bits per heavy atom. The van der Waals surface area contributed by atoms with Crippen LogP contribution in [0.25, 0.3) is 11.4 Å². The predicted octanol–water partition coefficient (Wildman–Crippen LogP) is 1.78. The zero-order chi connectivity index (χ0) is 15.9. The Balaban J connectivity index is 1.88. The van der Waals surface area contributed by atoms with E-state index in [1.807, 2.05) is 0 Å². The van der Waals surface area contributed by atoms with E-state index in [0.29, 0.717) is 18.5 Å². The minimum absolute atomic E-state index is 0.00251.